The molecule has 0 saturated heterocycles. The van der Waals surface area contributed by atoms with E-state index in [9.17, 15) is 9.59 Å². The molecule has 0 spiro atoms. The van der Waals surface area contributed by atoms with Gasteiger partial charge in [0.25, 0.3) is 0 Å². The summed E-state index contributed by atoms with van der Waals surface area (Å²) in [6.45, 7) is 5.89. The predicted octanol–water partition coefficient (Wildman–Crippen LogP) is 1.34. The molecule has 0 radical (unpaired) electrons. The Morgan fingerprint density at radius 1 is 1.18 bits per heavy atom. The maximum Gasteiger partial charge on any atom is 0.238 e. The second-order valence-corrected chi connectivity index (χ2v) is 6.18. The minimum atomic E-state index is -0.300. The van der Waals surface area contributed by atoms with E-state index in [0.29, 0.717) is 11.3 Å². The van der Waals surface area contributed by atoms with Gasteiger partial charge in [-0.1, -0.05) is 12.1 Å². The molecule has 0 aliphatic rings. The zero-order chi connectivity index (χ0) is 16.8. The van der Waals surface area contributed by atoms with Crippen LogP contribution in [0.25, 0.3) is 0 Å². The molecule has 1 rings (SSSR count). The van der Waals surface area contributed by atoms with Crippen molar-refractivity contribution in [2.75, 3.05) is 25.5 Å². The largest absolute Gasteiger partial charge is 0.350 e. The Morgan fingerprint density at radius 2 is 1.77 bits per heavy atom. The first kappa shape index (κ1) is 17.7. The summed E-state index contributed by atoms with van der Waals surface area (Å²) in [4.78, 5) is 25.4. The fraction of sp³-hybridized carbons (Fsp3) is 0.438. The molecule has 0 bridgehead atoms. The Balaban J connectivity index is 2.51. The SMILES string of the molecule is CN(CC(=O)Nc1ccccc1C#N)CC(=O)NC(C)(C)C. The highest BCUT2D eigenvalue weighted by Gasteiger charge is 2.16. The molecule has 22 heavy (non-hydrogen) atoms. The number of amides is 2. The smallest absolute Gasteiger partial charge is 0.238 e. The molecule has 0 aliphatic heterocycles. The van der Waals surface area contributed by atoms with Gasteiger partial charge in [0.05, 0.1) is 24.3 Å². The van der Waals surface area contributed by atoms with Gasteiger partial charge in [-0.2, -0.15) is 5.26 Å². The van der Waals surface area contributed by atoms with Crippen LogP contribution in [0.2, 0.25) is 0 Å². The van der Waals surface area contributed by atoms with E-state index in [-0.39, 0.29) is 30.4 Å². The molecule has 0 aliphatic carbocycles. The minimum Gasteiger partial charge on any atom is -0.350 e. The normalized spacial score (nSPS) is 10.9. The van der Waals surface area contributed by atoms with Gasteiger partial charge in [-0.15, -0.1) is 0 Å². The first-order valence-corrected chi connectivity index (χ1v) is 7.00. The quantitative estimate of drug-likeness (QED) is 0.859. The Hall–Kier alpha value is -2.39. The van der Waals surface area contributed by atoms with E-state index in [1.807, 2.05) is 26.8 Å². The monoisotopic (exact) mass is 302 g/mol. The lowest BCUT2D eigenvalue weighted by molar-refractivity contribution is -0.124. The second kappa shape index (κ2) is 7.57. The van der Waals surface area contributed by atoms with E-state index < -0.39 is 0 Å². The highest BCUT2D eigenvalue weighted by molar-refractivity contribution is 5.93. The summed E-state index contributed by atoms with van der Waals surface area (Å²) in [7, 11) is 1.69. The number of likely N-dealkylation sites (N-methyl/N-ethyl adjacent to an activating group) is 1. The van der Waals surface area contributed by atoms with Gasteiger partial charge in [0.15, 0.2) is 0 Å². The lowest BCUT2D eigenvalue weighted by Gasteiger charge is -2.23. The van der Waals surface area contributed by atoms with Crippen molar-refractivity contribution in [2.24, 2.45) is 0 Å². The van der Waals surface area contributed by atoms with Crippen molar-refractivity contribution < 1.29 is 9.59 Å². The second-order valence-electron chi connectivity index (χ2n) is 6.18. The van der Waals surface area contributed by atoms with Crippen molar-refractivity contribution in [3.63, 3.8) is 0 Å². The van der Waals surface area contributed by atoms with Gasteiger partial charge >= 0.3 is 0 Å². The summed E-state index contributed by atoms with van der Waals surface area (Å²) in [6, 6.07) is 8.80. The number of nitrogens with zero attached hydrogens (tertiary/aromatic N) is 2. The van der Waals surface area contributed by atoms with Crippen molar-refractivity contribution in [1.82, 2.24) is 10.2 Å². The van der Waals surface area contributed by atoms with Crippen LogP contribution >= 0.6 is 0 Å². The lowest BCUT2D eigenvalue weighted by Crippen LogP contribution is -2.46. The number of benzene rings is 1. The number of hydrogen-bond donors (Lipinski definition) is 2. The van der Waals surface area contributed by atoms with Gasteiger partial charge in [0, 0.05) is 5.54 Å². The zero-order valence-electron chi connectivity index (χ0n) is 13.4. The van der Waals surface area contributed by atoms with Crippen LogP contribution in [0.4, 0.5) is 5.69 Å². The first-order chi connectivity index (χ1) is 10.2. The fourth-order valence-electron chi connectivity index (χ4n) is 1.88. The number of rotatable bonds is 5. The summed E-state index contributed by atoms with van der Waals surface area (Å²) < 4.78 is 0. The van der Waals surface area contributed by atoms with Crippen LogP contribution in [0.1, 0.15) is 26.3 Å². The van der Waals surface area contributed by atoms with Gasteiger partial charge in [0.2, 0.25) is 11.8 Å². The maximum absolute atomic E-state index is 12.0. The van der Waals surface area contributed by atoms with E-state index in [0.717, 1.165) is 0 Å². The van der Waals surface area contributed by atoms with E-state index in [1.54, 1.807) is 36.2 Å². The van der Waals surface area contributed by atoms with Crippen LogP contribution in [0.15, 0.2) is 24.3 Å². The van der Waals surface area contributed by atoms with Gasteiger partial charge in [-0.05, 0) is 40.0 Å². The van der Waals surface area contributed by atoms with Crippen molar-refractivity contribution in [2.45, 2.75) is 26.3 Å². The molecule has 0 fully saturated rings. The third-order valence-corrected chi connectivity index (χ3v) is 2.66. The van der Waals surface area contributed by atoms with Crippen LogP contribution in [0.3, 0.4) is 0 Å². The Kier molecular flexibility index (Phi) is 6.08. The number of anilines is 1. The van der Waals surface area contributed by atoms with Crippen LogP contribution in [-0.4, -0.2) is 42.4 Å². The fourth-order valence-corrected chi connectivity index (χ4v) is 1.88. The standard InChI is InChI=1S/C16H22N4O2/c1-16(2,3)19-15(22)11-20(4)10-14(21)18-13-8-6-5-7-12(13)9-17/h5-8H,10-11H2,1-4H3,(H,18,21)(H,19,22). The summed E-state index contributed by atoms with van der Waals surface area (Å²) in [5.41, 5.74) is 0.581. The molecule has 0 unspecified atom stereocenters. The highest BCUT2D eigenvalue weighted by atomic mass is 16.2. The van der Waals surface area contributed by atoms with Crippen molar-refractivity contribution >= 4 is 17.5 Å². The third kappa shape index (κ3) is 6.37. The van der Waals surface area contributed by atoms with Gasteiger partial charge in [-0.25, -0.2) is 0 Å². The number of nitriles is 1. The van der Waals surface area contributed by atoms with Gasteiger partial charge < -0.3 is 10.6 Å². The Morgan fingerprint density at radius 3 is 2.36 bits per heavy atom. The van der Waals surface area contributed by atoms with E-state index in [4.69, 9.17) is 5.26 Å². The Labute approximate surface area is 131 Å². The van der Waals surface area contributed by atoms with Crippen molar-refractivity contribution in [3.05, 3.63) is 29.8 Å². The molecular formula is C16H22N4O2. The number of carbonyl (C=O) groups is 2. The molecule has 0 atom stereocenters. The summed E-state index contributed by atoms with van der Waals surface area (Å²) >= 11 is 0. The van der Waals surface area contributed by atoms with Crippen LogP contribution in [0.5, 0.6) is 0 Å². The molecule has 2 N–H and O–H groups in total. The summed E-state index contributed by atoms with van der Waals surface area (Å²) in [5.74, 6) is -0.408. The average molecular weight is 302 g/mol. The van der Waals surface area contributed by atoms with Gasteiger partial charge in [-0.3, -0.25) is 14.5 Å². The van der Waals surface area contributed by atoms with E-state index in [1.165, 1.54) is 0 Å². The molecule has 0 heterocycles. The summed E-state index contributed by atoms with van der Waals surface area (Å²) in [6.07, 6.45) is 0. The van der Waals surface area contributed by atoms with Crippen molar-refractivity contribution in [3.8, 4) is 6.07 Å². The number of para-hydroxylation sites is 1. The molecule has 0 saturated carbocycles. The topological polar surface area (TPSA) is 85.2 Å². The lowest BCUT2D eigenvalue weighted by atomic mass is 10.1. The molecule has 1 aromatic rings. The molecule has 0 aromatic heterocycles. The predicted molar refractivity (Wildman–Crippen MR) is 85.2 cm³/mol. The molecule has 118 valence electrons. The van der Waals surface area contributed by atoms with Crippen LogP contribution in [-0.2, 0) is 9.59 Å². The molecule has 6 heteroatoms. The van der Waals surface area contributed by atoms with Crippen LogP contribution < -0.4 is 10.6 Å². The molecule has 1 aromatic carbocycles. The molecule has 2 amide bonds. The maximum atomic E-state index is 12.0. The first-order valence-electron chi connectivity index (χ1n) is 7.00. The number of carbonyl (C=O) groups excluding carboxylic acids is 2. The molecule has 6 nitrogen and oxygen atoms in total. The third-order valence-electron chi connectivity index (χ3n) is 2.66. The minimum absolute atomic E-state index is 0.0668. The van der Waals surface area contributed by atoms with E-state index in [2.05, 4.69) is 10.6 Å². The van der Waals surface area contributed by atoms with Crippen molar-refractivity contribution in [1.29, 1.82) is 5.26 Å². The van der Waals surface area contributed by atoms with E-state index >= 15 is 0 Å². The molecular weight excluding hydrogens is 280 g/mol. The Bertz CT molecular complexity index is 585. The van der Waals surface area contributed by atoms with Gasteiger partial charge in [0.1, 0.15) is 6.07 Å². The zero-order valence-corrected chi connectivity index (χ0v) is 13.4. The number of hydrogen-bond acceptors (Lipinski definition) is 4. The summed E-state index contributed by atoms with van der Waals surface area (Å²) in [5, 5.41) is 14.5. The number of nitrogens with one attached hydrogen (secondary N) is 2. The van der Waals surface area contributed by atoms with Crippen LogP contribution in [0, 0.1) is 11.3 Å². The highest BCUT2D eigenvalue weighted by Crippen LogP contribution is 2.13. The average Bonchev–Trinajstić information content (AvgIpc) is 2.36.